The van der Waals surface area contributed by atoms with Gasteiger partial charge in [-0.05, 0) is 24.0 Å². The zero-order valence-corrected chi connectivity index (χ0v) is 12.2. The molecule has 1 unspecified atom stereocenters. The highest BCUT2D eigenvalue weighted by atomic mass is 35.5. The zero-order chi connectivity index (χ0) is 14.0. The lowest BCUT2D eigenvalue weighted by molar-refractivity contribution is 0.329. The van der Waals surface area contributed by atoms with Gasteiger partial charge < -0.3 is 0 Å². The first-order valence-corrected chi connectivity index (χ1v) is 6.84. The molecule has 0 amide bonds. The summed E-state index contributed by atoms with van der Waals surface area (Å²) in [7, 11) is 0. The van der Waals surface area contributed by atoms with Crippen LogP contribution in [0.4, 0.5) is 4.39 Å². The van der Waals surface area contributed by atoms with Crippen molar-refractivity contribution >= 4 is 11.6 Å². The van der Waals surface area contributed by atoms with E-state index in [0.717, 1.165) is 6.42 Å². The van der Waals surface area contributed by atoms with E-state index in [9.17, 15) is 4.39 Å². The first kappa shape index (κ1) is 14.1. The summed E-state index contributed by atoms with van der Waals surface area (Å²) < 4.78 is 15.7. The minimum Gasteiger partial charge on any atom is -0.206 e. The SMILES string of the molecule is CCC(C)(C)C(Cl)c1cnn(-c2ccccc2)c1F. The van der Waals surface area contributed by atoms with Gasteiger partial charge in [0.25, 0.3) is 0 Å². The van der Waals surface area contributed by atoms with E-state index >= 15 is 0 Å². The van der Waals surface area contributed by atoms with E-state index < -0.39 is 5.38 Å². The lowest BCUT2D eigenvalue weighted by atomic mass is 9.83. The van der Waals surface area contributed by atoms with E-state index in [0.29, 0.717) is 11.3 Å². The summed E-state index contributed by atoms with van der Waals surface area (Å²) in [6.45, 7) is 6.11. The molecule has 1 aromatic carbocycles. The minimum atomic E-state index is -0.394. The molecule has 2 aromatic rings. The fourth-order valence-electron chi connectivity index (χ4n) is 1.87. The molecule has 0 radical (unpaired) electrons. The van der Waals surface area contributed by atoms with E-state index in [1.54, 1.807) is 0 Å². The summed E-state index contributed by atoms with van der Waals surface area (Å²) in [6, 6.07) is 9.22. The van der Waals surface area contributed by atoms with Gasteiger partial charge in [0.15, 0.2) is 0 Å². The summed E-state index contributed by atoms with van der Waals surface area (Å²) in [4.78, 5) is 0. The number of rotatable bonds is 4. The van der Waals surface area contributed by atoms with Crippen LogP contribution in [0.15, 0.2) is 36.5 Å². The van der Waals surface area contributed by atoms with Crippen molar-refractivity contribution in [3.63, 3.8) is 0 Å². The molecule has 19 heavy (non-hydrogen) atoms. The van der Waals surface area contributed by atoms with Gasteiger partial charge in [-0.25, -0.2) is 4.68 Å². The second-order valence-corrected chi connectivity index (χ2v) is 5.78. The van der Waals surface area contributed by atoms with Crippen molar-refractivity contribution in [2.75, 3.05) is 0 Å². The Labute approximate surface area is 118 Å². The number of alkyl halides is 1. The Kier molecular flexibility index (Phi) is 3.95. The van der Waals surface area contributed by atoms with Crippen LogP contribution in [-0.4, -0.2) is 9.78 Å². The quantitative estimate of drug-likeness (QED) is 0.741. The molecule has 0 aliphatic heterocycles. The van der Waals surface area contributed by atoms with Gasteiger partial charge in [0.05, 0.1) is 17.3 Å². The van der Waals surface area contributed by atoms with Crippen LogP contribution in [0, 0.1) is 11.4 Å². The van der Waals surface area contributed by atoms with Gasteiger partial charge in [-0.15, -0.1) is 11.6 Å². The summed E-state index contributed by atoms with van der Waals surface area (Å²) in [5.74, 6) is -0.382. The molecule has 0 saturated carbocycles. The maximum atomic E-state index is 14.5. The molecule has 2 rings (SSSR count). The first-order valence-electron chi connectivity index (χ1n) is 6.40. The molecule has 1 atom stereocenters. The van der Waals surface area contributed by atoms with Crippen LogP contribution in [-0.2, 0) is 0 Å². The molecule has 1 aromatic heterocycles. The predicted octanol–water partition coefficient (Wildman–Crippen LogP) is 4.73. The van der Waals surface area contributed by atoms with Gasteiger partial charge >= 0.3 is 0 Å². The molecule has 0 saturated heterocycles. The number of aromatic nitrogens is 2. The summed E-state index contributed by atoms with van der Waals surface area (Å²) in [6.07, 6.45) is 2.40. The maximum Gasteiger partial charge on any atom is 0.220 e. The number of benzene rings is 1. The fourth-order valence-corrected chi connectivity index (χ4v) is 2.17. The molecule has 0 N–H and O–H groups in total. The number of para-hydroxylation sites is 1. The Morgan fingerprint density at radius 1 is 1.32 bits per heavy atom. The number of nitrogens with zero attached hydrogens (tertiary/aromatic N) is 2. The van der Waals surface area contributed by atoms with Gasteiger partial charge in [-0.2, -0.15) is 9.49 Å². The predicted molar refractivity (Wildman–Crippen MR) is 76.2 cm³/mol. The number of halogens is 2. The highest BCUT2D eigenvalue weighted by Gasteiger charge is 2.31. The Bertz CT molecular complexity index is 549. The molecular formula is C15H18ClFN2. The topological polar surface area (TPSA) is 17.8 Å². The Balaban J connectivity index is 2.39. The van der Waals surface area contributed by atoms with Crippen molar-refractivity contribution in [3.05, 3.63) is 48.0 Å². The van der Waals surface area contributed by atoms with Gasteiger partial charge in [0.2, 0.25) is 5.95 Å². The highest BCUT2D eigenvalue weighted by molar-refractivity contribution is 6.21. The molecule has 0 aliphatic rings. The molecule has 0 fully saturated rings. The third kappa shape index (κ3) is 2.66. The second kappa shape index (κ2) is 5.33. The monoisotopic (exact) mass is 280 g/mol. The van der Waals surface area contributed by atoms with E-state index in [2.05, 4.69) is 12.0 Å². The maximum absolute atomic E-state index is 14.5. The smallest absolute Gasteiger partial charge is 0.206 e. The number of hydrogen-bond donors (Lipinski definition) is 0. The van der Waals surface area contributed by atoms with Crippen molar-refractivity contribution < 1.29 is 4.39 Å². The van der Waals surface area contributed by atoms with Crippen LogP contribution < -0.4 is 0 Å². The highest BCUT2D eigenvalue weighted by Crippen LogP contribution is 2.42. The van der Waals surface area contributed by atoms with E-state index in [1.807, 2.05) is 44.2 Å². The van der Waals surface area contributed by atoms with Crippen molar-refractivity contribution in [1.29, 1.82) is 0 Å². The largest absolute Gasteiger partial charge is 0.220 e. The molecule has 1 heterocycles. The normalized spacial score (nSPS) is 13.5. The van der Waals surface area contributed by atoms with Crippen LogP contribution in [0.2, 0.25) is 0 Å². The van der Waals surface area contributed by atoms with Crippen molar-refractivity contribution in [2.45, 2.75) is 32.6 Å². The van der Waals surface area contributed by atoms with E-state index in [4.69, 9.17) is 11.6 Å². The Morgan fingerprint density at radius 3 is 2.53 bits per heavy atom. The zero-order valence-electron chi connectivity index (χ0n) is 11.4. The summed E-state index contributed by atoms with van der Waals surface area (Å²) in [5, 5.41) is 3.72. The van der Waals surface area contributed by atoms with Crippen molar-refractivity contribution in [1.82, 2.24) is 9.78 Å². The van der Waals surface area contributed by atoms with Crippen LogP contribution in [0.1, 0.15) is 38.1 Å². The molecule has 2 nitrogen and oxygen atoms in total. The molecule has 102 valence electrons. The third-order valence-corrected chi connectivity index (χ3v) is 4.43. The standard InChI is InChI=1S/C15H18ClFN2/c1-4-15(2,3)13(16)12-10-18-19(14(12)17)11-8-6-5-7-9-11/h5-10,13H,4H2,1-3H3. The lowest BCUT2D eigenvalue weighted by Gasteiger charge is -2.27. The number of hydrogen-bond acceptors (Lipinski definition) is 1. The minimum absolute atomic E-state index is 0.174. The van der Waals surface area contributed by atoms with Gasteiger partial charge in [-0.3, -0.25) is 0 Å². The first-order chi connectivity index (χ1) is 8.97. The fraction of sp³-hybridized carbons (Fsp3) is 0.400. The van der Waals surface area contributed by atoms with Crippen LogP contribution in [0.5, 0.6) is 0 Å². The second-order valence-electron chi connectivity index (χ2n) is 5.34. The molecule has 0 spiro atoms. The molecule has 0 aliphatic carbocycles. The van der Waals surface area contributed by atoms with E-state index in [1.165, 1.54) is 10.9 Å². The van der Waals surface area contributed by atoms with E-state index in [-0.39, 0.29) is 11.4 Å². The van der Waals surface area contributed by atoms with Gasteiger partial charge in [0.1, 0.15) is 0 Å². The summed E-state index contributed by atoms with van der Waals surface area (Å²) >= 11 is 6.41. The lowest BCUT2D eigenvalue weighted by Crippen LogP contribution is -2.17. The molecular weight excluding hydrogens is 263 g/mol. The van der Waals surface area contributed by atoms with Crippen LogP contribution in [0.25, 0.3) is 5.69 Å². The molecule has 0 bridgehead atoms. The van der Waals surface area contributed by atoms with Crippen molar-refractivity contribution in [3.8, 4) is 5.69 Å². The van der Waals surface area contributed by atoms with Gasteiger partial charge in [-0.1, -0.05) is 39.0 Å². The van der Waals surface area contributed by atoms with Gasteiger partial charge in [0, 0.05) is 5.56 Å². The Morgan fingerprint density at radius 2 is 1.95 bits per heavy atom. The van der Waals surface area contributed by atoms with Crippen molar-refractivity contribution in [2.24, 2.45) is 5.41 Å². The third-order valence-electron chi connectivity index (χ3n) is 3.61. The Hall–Kier alpha value is -1.35. The summed E-state index contributed by atoms with van der Waals surface area (Å²) in [5.41, 5.74) is 0.981. The molecule has 4 heteroatoms. The van der Waals surface area contributed by atoms with Crippen LogP contribution in [0.3, 0.4) is 0 Å². The average molecular weight is 281 g/mol. The van der Waals surface area contributed by atoms with Crippen LogP contribution >= 0.6 is 11.6 Å². The average Bonchev–Trinajstić information content (AvgIpc) is 2.80.